The van der Waals surface area contributed by atoms with Crippen molar-refractivity contribution >= 4 is 17.4 Å². The van der Waals surface area contributed by atoms with Crippen molar-refractivity contribution in [3.05, 3.63) is 83.0 Å². The van der Waals surface area contributed by atoms with Crippen LogP contribution in [0.1, 0.15) is 27.0 Å². The number of nitrogens with one attached hydrogen (secondary N) is 2. The topological polar surface area (TPSA) is 63.2 Å². The first-order chi connectivity index (χ1) is 13.5. The maximum atomic E-state index is 12.5. The van der Waals surface area contributed by atoms with Crippen molar-refractivity contribution in [2.45, 2.75) is 20.3 Å². The molecule has 28 heavy (non-hydrogen) atoms. The summed E-state index contributed by atoms with van der Waals surface area (Å²) in [6.07, 6.45) is 2.34. The van der Waals surface area contributed by atoms with Crippen LogP contribution in [0, 0.1) is 13.8 Å². The number of para-hydroxylation sites is 1. The quantitative estimate of drug-likeness (QED) is 0.641. The van der Waals surface area contributed by atoms with E-state index in [1.54, 1.807) is 25.4 Å². The van der Waals surface area contributed by atoms with Gasteiger partial charge in [-0.3, -0.25) is 4.79 Å². The highest BCUT2D eigenvalue weighted by atomic mass is 16.5. The van der Waals surface area contributed by atoms with Crippen LogP contribution in [0.4, 0.5) is 11.5 Å². The second-order valence-corrected chi connectivity index (χ2v) is 6.75. The summed E-state index contributed by atoms with van der Waals surface area (Å²) >= 11 is 0. The third-order valence-electron chi connectivity index (χ3n) is 4.39. The van der Waals surface area contributed by atoms with Crippen molar-refractivity contribution in [1.82, 2.24) is 10.3 Å². The van der Waals surface area contributed by atoms with Gasteiger partial charge in [-0.15, -0.1) is 0 Å². The molecule has 1 aromatic heterocycles. The van der Waals surface area contributed by atoms with Crippen LogP contribution in [0.5, 0.6) is 5.75 Å². The summed E-state index contributed by atoms with van der Waals surface area (Å²) in [5.74, 6) is 1.35. The molecule has 3 aromatic rings. The number of ether oxygens (including phenoxy) is 1. The second-order valence-electron chi connectivity index (χ2n) is 6.75. The number of anilines is 2. The lowest BCUT2D eigenvalue weighted by Crippen LogP contribution is -2.25. The van der Waals surface area contributed by atoms with Crippen LogP contribution in [0.25, 0.3) is 0 Å². The fraction of sp³-hybridized carbons (Fsp3) is 0.217. The molecule has 2 N–H and O–H groups in total. The molecule has 1 heterocycles. The molecule has 0 fully saturated rings. The molecule has 3 rings (SSSR count). The number of methoxy groups -OCH3 is 1. The molecule has 1 amide bonds. The lowest BCUT2D eigenvalue weighted by molar-refractivity contribution is 0.0954. The van der Waals surface area contributed by atoms with Gasteiger partial charge < -0.3 is 15.4 Å². The number of carbonyl (C=O) groups excluding carboxylic acids is 1. The third kappa shape index (κ3) is 5.10. The zero-order chi connectivity index (χ0) is 19.9. The Kier molecular flexibility index (Phi) is 6.27. The van der Waals surface area contributed by atoms with Gasteiger partial charge in [0, 0.05) is 24.0 Å². The second kappa shape index (κ2) is 9.04. The summed E-state index contributed by atoms with van der Waals surface area (Å²) in [6, 6.07) is 17.5. The molecule has 0 aliphatic heterocycles. The highest BCUT2D eigenvalue weighted by Gasteiger charge is 2.08. The molecular formula is C23H25N3O2. The summed E-state index contributed by atoms with van der Waals surface area (Å²) in [6.45, 7) is 4.63. The van der Waals surface area contributed by atoms with Crippen molar-refractivity contribution in [1.29, 1.82) is 0 Å². The molecule has 0 saturated carbocycles. The van der Waals surface area contributed by atoms with Gasteiger partial charge in [0.05, 0.1) is 7.11 Å². The Morgan fingerprint density at radius 2 is 1.79 bits per heavy atom. The van der Waals surface area contributed by atoms with Crippen LogP contribution in [0.3, 0.4) is 0 Å². The highest BCUT2D eigenvalue weighted by molar-refractivity contribution is 5.94. The molecular weight excluding hydrogens is 350 g/mol. The predicted molar refractivity (Wildman–Crippen MR) is 112 cm³/mol. The van der Waals surface area contributed by atoms with Crippen LogP contribution in [0.15, 0.2) is 60.8 Å². The number of amides is 1. The number of aromatic nitrogens is 1. The predicted octanol–water partition coefficient (Wildman–Crippen LogP) is 4.42. The normalized spacial score (nSPS) is 10.4. The zero-order valence-electron chi connectivity index (χ0n) is 16.5. The van der Waals surface area contributed by atoms with Crippen LogP contribution < -0.4 is 15.4 Å². The van der Waals surface area contributed by atoms with E-state index in [9.17, 15) is 4.79 Å². The number of hydrogen-bond donors (Lipinski definition) is 2. The van der Waals surface area contributed by atoms with Gasteiger partial charge in [0.2, 0.25) is 0 Å². The average Bonchev–Trinajstić information content (AvgIpc) is 2.67. The van der Waals surface area contributed by atoms with Crippen molar-refractivity contribution in [2.24, 2.45) is 0 Å². The fourth-order valence-corrected chi connectivity index (χ4v) is 3.16. The van der Waals surface area contributed by atoms with E-state index in [1.165, 1.54) is 11.1 Å². The molecule has 0 unspecified atom stereocenters. The Hall–Kier alpha value is -3.34. The molecule has 0 bridgehead atoms. The van der Waals surface area contributed by atoms with E-state index in [0.29, 0.717) is 24.3 Å². The Morgan fingerprint density at radius 3 is 2.54 bits per heavy atom. The van der Waals surface area contributed by atoms with Gasteiger partial charge in [0.15, 0.2) is 0 Å². The standard InChI is InChI=1S/C23H25N3O2/c1-16-12-17(2)14-20(13-16)26-22-15-19(9-10-24-22)23(27)25-11-8-18-6-4-5-7-21(18)28-3/h4-7,9-10,12-15H,8,11H2,1-3H3,(H,24,26)(H,25,27). The molecule has 0 saturated heterocycles. The Morgan fingerprint density at radius 1 is 1.04 bits per heavy atom. The third-order valence-corrected chi connectivity index (χ3v) is 4.39. The lowest BCUT2D eigenvalue weighted by Gasteiger charge is -2.11. The Labute approximate surface area is 165 Å². The molecule has 0 aliphatic carbocycles. The first-order valence-corrected chi connectivity index (χ1v) is 9.26. The summed E-state index contributed by atoms with van der Waals surface area (Å²) in [5, 5.41) is 6.23. The van der Waals surface area contributed by atoms with E-state index in [1.807, 2.05) is 24.3 Å². The highest BCUT2D eigenvalue weighted by Crippen LogP contribution is 2.19. The fourth-order valence-electron chi connectivity index (χ4n) is 3.16. The van der Waals surface area contributed by atoms with E-state index in [2.05, 4.69) is 47.7 Å². The van der Waals surface area contributed by atoms with E-state index in [4.69, 9.17) is 4.74 Å². The summed E-state index contributed by atoms with van der Waals surface area (Å²) in [5.41, 5.74) is 4.94. The van der Waals surface area contributed by atoms with Gasteiger partial charge in [0.1, 0.15) is 11.6 Å². The number of pyridine rings is 1. The smallest absolute Gasteiger partial charge is 0.251 e. The first-order valence-electron chi connectivity index (χ1n) is 9.26. The van der Waals surface area contributed by atoms with Crippen LogP contribution in [0.2, 0.25) is 0 Å². The van der Waals surface area contributed by atoms with Crippen LogP contribution >= 0.6 is 0 Å². The van der Waals surface area contributed by atoms with Gasteiger partial charge in [0.25, 0.3) is 5.91 Å². The number of hydrogen-bond acceptors (Lipinski definition) is 4. The molecule has 2 aromatic carbocycles. The molecule has 144 valence electrons. The maximum Gasteiger partial charge on any atom is 0.251 e. The molecule has 0 aliphatic rings. The zero-order valence-corrected chi connectivity index (χ0v) is 16.5. The van der Waals surface area contributed by atoms with Crippen LogP contribution in [-0.2, 0) is 6.42 Å². The molecule has 5 heteroatoms. The lowest BCUT2D eigenvalue weighted by atomic mass is 10.1. The number of nitrogens with zero attached hydrogens (tertiary/aromatic N) is 1. The number of carbonyl (C=O) groups is 1. The molecule has 5 nitrogen and oxygen atoms in total. The summed E-state index contributed by atoms with van der Waals surface area (Å²) in [4.78, 5) is 16.8. The monoisotopic (exact) mass is 375 g/mol. The summed E-state index contributed by atoms with van der Waals surface area (Å²) < 4.78 is 5.35. The molecule has 0 radical (unpaired) electrons. The van der Waals surface area contributed by atoms with E-state index >= 15 is 0 Å². The van der Waals surface area contributed by atoms with E-state index < -0.39 is 0 Å². The molecule has 0 spiro atoms. The first kappa shape index (κ1) is 19.4. The van der Waals surface area contributed by atoms with E-state index in [-0.39, 0.29) is 5.91 Å². The van der Waals surface area contributed by atoms with Gasteiger partial charge in [-0.1, -0.05) is 24.3 Å². The SMILES string of the molecule is COc1ccccc1CCNC(=O)c1ccnc(Nc2cc(C)cc(C)c2)c1. The van der Waals surface area contributed by atoms with Crippen molar-refractivity contribution in [3.8, 4) is 5.75 Å². The number of rotatable bonds is 7. The van der Waals surface area contributed by atoms with Crippen molar-refractivity contribution in [3.63, 3.8) is 0 Å². The minimum absolute atomic E-state index is 0.124. The van der Waals surface area contributed by atoms with Crippen molar-refractivity contribution < 1.29 is 9.53 Å². The largest absolute Gasteiger partial charge is 0.496 e. The van der Waals surface area contributed by atoms with Crippen molar-refractivity contribution in [2.75, 3.05) is 19.0 Å². The maximum absolute atomic E-state index is 12.5. The Bertz CT molecular complexity index is 949. The van der Waals surface area contributed by atoms with E-state index in [0.717, 1.165) is 17.0 Å². The van der Waals surface area contributed by atoms with Crippen LogP contribution in [-0.4, -0.2) is 24.5 Å². The van der Waals surface area contributed by atoms with Gasteiger partial charge in [-0.25, -0.2) is 4.98 Å². The minimum Gasteiger partial charge on any atom is -0.496 e. The number of benzene rings is 2. The van der Waals surface area contributed by atoms with Gasteiger partial charge in [-0.2, -0.15) is 0 Å². The Balaban J connectivity index is 1.62. The minimum atomic E-state index is -0.124. The van der Waals surface area contributed by atoms with Gasteiger partial charge in [-0.05, 0) is 67.3 Å². The van der Waals surface area contributed by atoms with Gasteiger partial charge >= 0.3 is 0 Å². The number of aryl methyl sites for hydroxylation is 2. The average molecular weight is 375 g/mol. The summed E-state index contributed by atoms with van der Waals surface area (Å²) in [7, 11) is 1.65. The molecule has 0 atom stereocenters.